The second-order valence-corrected chi connectivity index (χ2v) is 6.61. The maximum absolute atomic E-state index is 12.0. The van der Waals surface area contributed by atoms with Gasteiger partial charge in [-0.05, 0) is 46.5 Å². The number of piperidine rings is 1. The van der Waals surface area contributed by atoms with Gasteiger partial charge in [0.25, 0.3) is 0 Å². The highest BCUT2D eigenvalue weighted by Gasteiger charge is 2.36. The highest BCUT2D eigenvalue weighted by Crippen LogP contribution is 2.32. The molecule has 3 heteroatoms. The fourth-order valence-corrected chi connectivity index (χ4v) is 2.72. The number of hydrogen-bond acceptors (Lipinski definition) is 2. The Bertz CT molecular complexity index is 283. The van der Waals surface area contributed by atoms with Gasteiger partial charge >= 0.3 is 0 Å². The standard InChI is InChI=1S/C14H26N2O/c1-14(2,3)16-9-7-12(8-10-16)15(4)13(17)11-5-6-11/h11-12H,5-10H2,1-4H3. The van der Waals surface area contributed by atoms with Crippen molar-refractivity contribution < 1.29 is 4.79 Å². The van der Waals surface area contributed by atoms with Crippen LogP contribution in [0.1, 0.15) is 46.5 Å². The van der Waals surface area contributed by atoms with Crippen LogP contribution in [0.25, 0.3) is 0 Å². The Labute approximate surface area is 105 Å². The van der Waals surface area contributed by atoms with Crippen molar-refractivity contribution in [2.75, 3.05) is 20.1 Å². The smallest absolute Gasteiger partial charge is 0.225 e. The SMILES string of the molecule is CN(C(=O)C1CC1)C1CCN(C(C)(C)C)CC1. The molecule has 2 rings (SSSR count). The molecule has 0 bridgehead atoms. The van der Waals surface area contributed by atoms with E-state index in [0.717, 1.165) is 38.8 Å². The number of hydrogen-bond donors (Lipinski definition) is 0. The molecule has 1 saturated carbocycles. The van der Waals surface area contributed by atoms with Crippen molar-refractivity contribution >= 4 is 5.91 Å². The van der Waals surface area contributed by atoms with E-state index in [4.69, 9.17) is 0 Å². The second kappa shape index (κ2) is 4.60. The second-order valence-electron chi connectivity index (χ2n) is 6.61. The molecule has 0 spiro atoms. The van der Waals surface area contributed by atoms with Crippen LogP contribution in [0, 0.1) is 5.92 Å². The molecule has 2 fully saturated rings. The van der Waals surface area contributed by atoms with Crippen LogP contribution in [-0.2, 0) is 4.79 Å². The molecule has 1 heterocycles. The molecule has 0 radical (unpaired) electrons. The number of carbonyl (C=O) groups excluding carboxylic acids is 1. The first-order valence-electron chi connectivity index (χ1n) is 6.91. The predicted molar refractivity (Wildman–Crippen MR) is 69.8 cm³/mol. The lowest BCUT2D eigenvalue weighted by Crippen LogP contribution is -2.51. The minimum Gasteiger partial charge on any atom is -0.342 e. The van der Waals surface area contributed by atoms with E-state index in [-0.39, 0.29) is 5.54 Å². The largest absolute Gasteiger partial charge is 0.342 e. The average Bonchev–Trinajstić information content (AvgIpc) is 3.10. The minimum absolute atomic E-state index is 0.268. The summed E-state index contributed by atoms with van der Waals surface area (Å²) in [6, 6.07) is 0.474. The van der Waals surface area contributed by atoms with Gasteiger partial charge in [0.1, 0.15) is 0 Å². The van der Waals surface area contributed by atoms with E-state index in [2.05, 4.69) is 25.7 Å². The molecular weight excluding hydrogens is 212 g/mol. The first-order chi connectivity index (χ1) is 7.89. The Morgan fingerprint density at radius 2 is 1.65 bits per heavy atom. The van der Waals surface area contributed by atoms with Gasteiger partial charge in [0, 0.05) is 37.6 Å². The number of rotatable bonds is 2. The zero-order chi connectivity index (χ0) is 12.6. The van der Waals surface area contributed by atoms with Crippen molar-refractivity contribution in [3.8, 4) is 0 Å². The predicted octanol–water partition coefficient (Wildman–Crippen LogP) is 2.12. The average molecular weight is 238 g/mol. The van der Waals surface area contributed by atoms with Crippen LogP contribution < -0.4 is 0 Å². The summed E-state index contributed by atoms with van der Waals surface area (Å²) in [5.74, 6) is 0.750. The number of amides is 1. The normalized spacial score (nSPS) is 23.8. The van der Waals surface area contributed by atoms with Gasteiger partial charge in [-0.15, -0.1) is 0 Å². The zero-order valence-electron chi connectivity index (χ0n) is 11.7. The van der Waals surface area contributed by atoms with Crippen molar-refractivity contribution in [2.45, 2.75) is 58.0 Å². The summed E-state index contributed by atoms with van der Waals surface area (Å²) in [5, 5.41) is 0. The van der Waals surface area contributed by atoms with Crippen molar-refractivity contribution in [3.05, 3.63) is 0 Å². The van der Waals surface area contributed by atoms with E-state index in [1.54, 1.807) is 0 Å². The molecule has 98 valence electrons. The minimum atomic E-state index is 0.268. The van der Waals surface area contributed by atoms with E-state index in [1.165, 1.54) is 0 Å². The van der Waals surface area contributed by atoms with Gasteiger partial charge in [-0.2, -0.15) is 0 Å². The third-order valence-electron chi connectivity index (χ3n) is 4.24. The Hall–Kier alpha value is -0.570. The van der Waals surface area contributed by atoms with E-state index in [0.29, 0.717) is 17.9 Å². The summed E-state index contributed by atoms with van der Waals surface area (Å²) in [4.78, 5) is 16.5. The lowest BCUT2D eigenvalue weighted by molar-refractivity contribution is -0.134. The summed E-state index contributed by atoms with van der Waals surface area (Å²) in [6.45, 7) is 9.05. The first kappa shape index (κ1) is 12.9. The molecule has 17 heavy (non-hydrogen) atoms. The first-order valence-corrected chi connectivity index (χ1v) is 6.91. The summed E-state index contributed by atoms with van der Waals surface area (Å²) >= 11 is 0. The third-order valence-corrected chi connectivity index (χ3v) is 4.24. The van der Waals surface area contributed by atoms with Crippen LogP contribution in [-0.4, -0.2) is 47.4 Å². The van der Waals surface area contributed by atoms with Gasteiger partial charge in [-0.1, -0.05) is 0 Å². The van der Waals surface area contributed by atoms with Gasteiger partial charge in [-0.3, -0.25) is 9.69 Å². The summed E-state index contributed by atoms with van der Waals surface area (Å²) in [7, 11) is 2.00. The molecular formula is C14H26N2O. The van der Waals surface area contributed by atoms with Crippen molar-refractivity contribution in [1.29, 1.82) is 0 Å². The third kappa shape index (κ3) is 3.01. The van der Waals surface area contributed by atoms with Gasteiger partial charge < -0.3 is 4.90 Å². The van der Waals surface area contributed by atoms with Crippen LogP contribution in [0.4, 0.5) is 0 Å². The molecule has 1 amide bonds. The van der Waals surface area contributed by atoms with Gasteiger partial charge in [0.05, 0.1) is 0 Å². The number of carbonyl (C=O) groups is 1. The lowest BCUT2D eigenvalue weighted by atomic mass is 9.97. The summed E-state index contributed by atoms with van der Waals surface area (Å²) < 4.78 is 0. The van der Waals surface area contributed by atoms with Gasteiger partial charge in [-0.25, -0.2) is 0 Å². The molecule has 0 aromatic rings. The highest BCUT2D eigenvalue weighted by atomic mass is 16.2. The van der Waals surface area contributed by atoms with Crippen molar-refractivity contribution in [1.82, 2.24) is 9.80 Å². The summed E-state index contributed by atoms with van der Waals surface area (Å²) in [5.41, 5.74) is 0.268. The van der Waals surface area contributed by atoms with Gasteiger partial charge in [0.15, 0.2) is 0 Å². The molecule has 1 saturated heterocycles. The molecule has 1 aliphatic carbocycles. The maximum Gasteiger partial charge on any atom is 0.225 e. The van der Waals surface area contributed by atoms with E-state index >= 15 is 0 Å². The number of nitrogens with zero attached hydrogens (tertiary/aromatic N) is 2. The topological polar surface area (TPSA) is 23.6 Å². The number of likely N-dealkylation sites (tertiary alicyclic amines) is 1. The maximum atomic E-state index is 12.0. The molecule has 0 N–H and O–H groups in total. The Balaban J connectivity index is 1.84. The van der Waals surface area contributed by atoms with Gasteiger partial charge in [0.2, 0.25) is 5.91 Å². The lowest BCUT2D eigenvalue weighted by Gasteiger charge is -2.43. The van der Waals surface area contributed by atoms with Crippen LogP contribution in [0.15, 0.2) is 0 Å². The van der Waals surface area contributed by atoms with Crippen LogP contribution >= 0.6 is 0 Å². The fraction of sp³-hybridized carbons (Fsp3) is 0.929. The molecule has 1 aliphatic heterocycles. The van der Waals surface area contributed by atoms with E-state index < -0.39 is 0 Å². The van der Waals surface area contributed by atoms with E-state index in [9.17, 15) is 4.79 Å². The highest BCUT2D eigenvalue weighted by molar-refractivity contribution is 5.81. The van der Waals surface area contributed by atoms with E-state index in [1.807, 2.05) is 11.9 Å². The van der Waals surface area contributed by atoms with Crippen LogP contribution in [0.5, 0.6) is 0 Å². The summed E-state index contributed by atoms with van der Waals surface area (Å²) in [6.07, 6.45) is 4.49. The Morgan fingerprint density at radius 3 is 2.06 bits per heavy atom. The Morgan fingerprint density at radius 1 is 1.12 bits per heavy atom. The van der Waals surface area contributed by atoms with Crippen LogP contribution in [0.2, 0.25) is 0 Å². The quantitative estimate of drug-likeness (QED) is 0.735. The van der Waals surface area contributed by atoms with Crippen molar-refractivity contribution in [2.24, 2.45) is 5.92 Å². The molecule has 0 aromatic carbocycles. The fourth-order valence-electron chi connectivity index (χ4n) is 2.72. The van der Waals surface area contributed by atoms with Crippen molar-refractivity contribution in [3.63, 3.8) is 0 Å². The zero-order valence-corrected chi connectivity index (χ0v) is 11.7. The molecule has 0 aromatic heterocycles. The Kier molecular flexibility index (Phi) is 3.48. The molecule has 3 nitrogen and oxygen atoms in total. The monoisotopic (exact) mass is 238 g/mol. The van der Waals surface area contributed by atoms with Crippen LogP contribution in [0.3, 0.4) is 0 Å². The molecule has 2 aliphatic rings. The molecule has 0 atom stereocenters. The molecule has 0 unspecified atom stereocenters.